The molecule has 1 saturated heterocycles. The summed E-state index contributed by atoms with van der Waals surface area (Å²) in [5.74, 6) is 1.01. The van der Waals surface area contributed by atoms with Crippen molar-refractivity contribution in [2.24, 2.45) is 0 Å². The van der Waals surface area contributed by atoms with E-state index in [0.717, 1.165) is 0 Å². The van der Waals surface area contributed by atoms with Gasteiger partial charge in [0, 0.05) is 26.1 Å². The van der Waals surface area contributed by atoms with Crippen molar-refractivity contribution >= 4 is 29.3 Å². The molecule has 1 heterocycles. The van der Waals surface area contributed by atoms with E-state index < -0.39 is 6.10 Å². The van der Waals surface area contributed by atoms with Gasteiger partial charge in [-0.15, -0.1) is 11.8 Å². The highest BCUT2D eigenvalue weighted by Crippen LogP contribution is 2.09. The molecule has 1 fully saturated rings. The van der Waals surface area contributed by atoms with Crippen LogP contribution in [0.2, 0.25) is 0 Å². The molecule has 1 rings (SSSR count). The highest BCUT2D eigenvalue weighted by molar-refractivity contribution is 8.00. The fourth-order valence-corrected chi connectivity index (χ4v) is 2.35. The summed E-state index contributed by atoms with van der Waals surface area (Å²) in [4.78, 5) is 23.8. The Balaban J connectivity index is 2.08. The Morgan fingerprint density at radius 2 is 2.28 bits per heavy atom. The summed E-state index contributed by atoms with van der Waals surface area (Å²) in [6.07, 6.45) is -0.0677. The maximum absolute atomic E-state index is 11.4. The van der Waals surface area contributed by atoms with Crippen LogP contribution in [0.25, 0.3) is 0 Å². The Kier molecular flexibility index (Phi) is 6.14. The molecular weight excluding hydrogens is 254 g/mol. The van der Waals surface area contributed by atoms with Crippen molar-refractivity contribution in [2.75, 3.05) is 31.1 Å². The van der Waals surface area contributed by atoms with Gasteiger partial charge in [0.05, 0.1) is 23.4 Å². The number of hydrogen-bond donors (Lipinski definition) is 3. The Morgan fingerprint density at radius 1 is 1.56 bits per heavy atom. The van der Waals surface area contributed by atoms with Gasteiger partial charge in [-0.05, 0) is 6.92 Å². The number of β-amino-alcohol motifs (C(OH)–C–C–N with tert-alkyl or cyclic N) is 1. The summed E-state index contributed by atoms with van der Waals surface area (Å²) >= 11 is 1.30. The monoisotopic (exact) mass is 273 g/mol. The number of aliphatic hydroxyl groups excluding tert-OH is 1. The van der Waals surface area contributed by atoms with Gasteiger partial charge in [-0.2, -0.15) is 0 Å². The molecular formula is C11H19N3O3S. The van der Waals surface area contributed by atoms with Crippen LogP contribution in [0.4, 0.5) is 0 Å². The zero-order chi connectivity index (χ0) is 13.5. The van der Waals surface area contributed by atoms with Gasteiger partial charge in [-0.1, -0.05) is 0 Å². The average molecular weight is 273 g/mol. The molecule has 0 aromatic heterocycles. The molecule has 7 heteroatoms. The van der Waals surface area contributed by atoms with E-state index in [1.54, 1.807) is 4.90 Å². The van der Waals surface area contributed by atoms with E-state index >= 15 is 0 Å². The molecule has 6 nitrogen and oxygen atoms in total. The lowest BCUT2D eigenvalue weighted by Crippen LogP contribution is -2.36. The highest BCUT2D eigenvalue weighted by Gasteiger charge is 2.24. The van der Waals surface area contributed by atoms with Gasteiger partial charge in [0.15, 0.2) is 0 Å². The molecule has 0 aromatic carbocycles. The third-order valence-electron chi connectivity index (χ3n) is 2.48. The molecule has 0 unspecified atom stereocenters. The van der Waals surface area contributed by atoms with Crippen LogP contribution in [0.3, 0.4) is 0 Å². The van der Waals surface area contributed by atoms with Crippen molar-refractivity contribution in [1.29, 1.82) is 5.41 Å². The molecule has 0 spiro atoms. The van der Waals surface area contributed by atoms with Crippen molar-refractivity contribution in [3.8, 4) is 0 Å². The normalized spacial score (nSPS) is 19.1. The number of nitrogens with one attached hydrogen (secondary N) is 2. The molecule has 0 aromatic rings. The number of Topliss-reactive ketones (excluding diaryl/α,β-unsaturated/α-hetero) is 1. The molecule has 1 aliphatic rings. The van der Waals surface area contributed by atoms with E-state index in [1.807, 2.05) is 0 Å². The molecule has 0 radical (unpaired) electrons. The van der Waals surface area contributed by atoms with Crippen molar-refractivity contribution < 1.29 is 14.7 Å². The number of carbonyl (C=O) groups is 2. The number of ketones is 1. The van der Waals surface area contributed by atoms with Gasteiger partial charge in [-0.25, -0.2) is 0 Å². The van der Waals surface area contributed by atoms with E-state index in [1.165, 1.54) is 18.7 Å². The van der Waals surface area contributed by atoms with Crippen LogP contribution < -0.4 is 5.32 Å². The fourth-order valence-electron chi connectivity index (χ4n) is 1.68. The third-order valence-corrected chi connectivity index (χ3v) is 3.56. The van der Waals surface area contributed by atoms with Gasteiger partial charge < -0.3 is 15.3 Å². The second kappa shape index (κ2) is 7.38. The smallest absolute Gasteiger partial charge is 0.230 e. The minimum atomic E-state index is -0.459. The van der Waals surface area contributed by atoms with E-state index in [4.69, 9.17) is 5.41 Å². The largest absolute Gasteiger partial charge is 0.391 e. The first kappa shape index (κ1) is 15.0. The van der Waals surface area contributed by atoms with Crippen LogP contribution in [0.1, 0.15) is 13.3 Å². The number of rotatable bonds is 7. The van der Waals surface area contributed by atoms with Crippen molar-refractivity contribution in [3.05, 3.63) is 0 Å². The maximum atomic E-state index is 11.4. The summed E-state index contributed by atoms with van der Waals surface area (Å²) in [6, 6.07) is 0. The summed E-state index contributed by atoms with van der Waals surface area (Å²) < 4.78 is 0. The van der Waals surface area contributed by atoms with Crippen molar-refractivity contribution in [2.45, 2.75) is 19.4 Å². The zero-order valence-corrected chi connectivity index (χ0v) is 11.3. The minimum absolute atomic E-state index is 0.0623. The molecule has 18 heavy (non-hydrogen) atoms. The van der Waals surface area contributed by atoms with E-state index in [2.05, 4.69) is 5.32 Å². The number of carbonyl (C=O) groups excluding carboxylic acids is 2. The zero-order valence-electron chi connectivity index (χ0n) is 10.4. The van der Waals surface area contributed by atoms with E-state index in [9.17, 15) is 14.7 Å². The van der Waals surface area contributed by atoms with Crippen LogP contribution in [0.15, 0.2) is 0 Å². The molecule has 1 aliphatic heterocycles. The Bertz CT molecular complexity index is 335. The van der Waals surface area contributed by atoms with Crippen LogP contribution in [0, 0.1) is 5.41 Å². The topological polar surface area (TPSA) is 93.5 Å². The first-order valence-corrected chi connectivity index (χ1v) is 6.99. The minimum Gasteiger partial charge on any atom is -0.391 e. The number of thioether (sulfide) groups is 1. The maximum Gasteiger partial charge on any atom is 0.230 e. The lowest BCUT2D eigenvalue weighted by molar-refractivity contribution is -0.118. The molecule has 0 bridgehead atoms. The van der Waals surface area contributed by atoms with E-state index in [0.29, 0.717) is 37.6 Å². The lowest BCUT2D eigenvalue weighted by Gasteiger charge is -2.17. The molecule has 0 saturated carbocycles. The SMILES string of the molecule is CC(=O)CSCC(=O)NCCN1C[C@H](O)CC1=N. The highest BCUT2D eigenvalue weighted by atomic mass is 32.2. The van der Waals surface area contributed by atoms with Gasteiger partial charge >= 0.3 is 0 Å². The van der Waals surface area contributed by atoms with E-state index in [-0.39, 0.29) is 17.4 Å². The molecule has 102 valence electrons. The van der Waals surface area contributed by atoms with Crippen LogP contribution in [-0.4, -0.2) is 64.8 Å². The fraction of sp³-hybridized carbons (Fsp3) is 0.727. The number of amides is 1. The number of hydrogen-bond acceptors (Lipinski definition) is 5. The predicted octanol–water partition coefficient (Wildman–Crippen LogP) is -0.531. The Morgan fingerprint density at radius 3 is 2.83 bits per heavy atom. The Hall–Kier alpha value is -1.08. The average Bonchev–Trinajstić information content (AvgIpc) is 2.57. The first-order valence-electron chi connectivity index (χ1n) is 5.83. The van der Waals surface area contributed by atoms with Crippen molar-refractivity contribution in [1.82, 2.24) is 10.2 Å². The number of likely N-dealkylation sites (tertiary alicyclic amines) is 1. The van der Waals surface area contributed by atoms with Gasteiger partial charge in [0.1, 0.15) is 5.78 Å². The van der Waals surface area contributed by atoms with Crippen LogP contribution >= 0.6 is 11.8 Å². The second-order valence-electron chi connectivity index (χ2n) is 4.30. The summed E-state index contributed by atoms with van der Waals surface area (Å²) in [5, 5.41) is 19.7. The van der Waals surface area contributed by atoms with Crippen LogP contribution in [-0.2, 0) is 9.59 Å². The molecule has 1 atom stereocenters. The number of amidine groups is 1. The Labute approximate surface area is 111 Å². The number of nitrogens with zero attached hydrogens (tertiary/aromatic N) is 1. The third kappa shape index (κ3) is 5.50. The standard InChI is InChI=1S/C11H19N3O3S/c1-8(15)6-18-7-11(17)13-2-3-14-5-9(16)4-10(14)12/h9,12,16H,2-7H2,1H3,(H,13,17)/t9-/m1/s1. The summed E-state index contributed by atoms with van der Waals surface area (Å²) in [7, 11) is 0. The van der Waals surface area contributed by atoms with Crippen LogP contribution in [0.5, 0.6) is 0 Å². The molecule has 0 aliphatic carbocycles. The first-order chi connectivity index (χ1) is 8.49. The second-order valence-corrected chi connectivity index (χ2v) is 5.28. The predicted molar refractivity (Wildman–Crippen MR) is 70.9 cm³/mol. The van der Waals surface area contributed by atoms with Gasteiger partial charge in [0.2, 0.25) is 5.91 Å². The van der Waals surface area contributed by atoms with Crippen molar-refractivity contribution in [3.63, 3.8) is 0 Å². The lowest BCUT2D eigenvalue weighted by atomic mass is 10.3. The summed E-state index contributed by atoms with van der Waals surface area (Å²) in [5.41, 5.74) is 0. The summed E-state index contributed by atoms with van der Waals surface area (Å²) in [6.45, 7) is 2.95. The van der Waals surface area contributed by atoms with Gasteiger partial charge in [0.25, 0.3) is 0 Å². The quantitative estimate of drug-likeness (QED) is 0.580. The number of aliphatic hydroxyl groups is 1. The molecule has 1 amide bonds. The molecule has 3 N–H and O–H groups in total. The van der Waals surface area contributed by atoms with Gasteiger partial charge in [-0.3, -0.25) is 15.0 Å².